The standard InChI is InChI=1S/C15H18N2O/c1-15(2,3)13-9-16-10-14(17-13)18-11-12-7-5-4-6-8-12/h4-10H,11H2,1-3H3. The van der Waals surface area contributed by atoms with Crippen LogP contribution < -0.4 is 4.74 Å². The summed E-state index contributed by atoms with van der Waals surface area (Å²) in [5.74, 6) is 0.575. The number of ether oxygens (including phenoxy) is 1. The van der Waals surface area contributed by atoms with Crippen LogP contribution in [0.25, 0.3) is 0 Å². The Kier molecular flexibility index (Phi) is 3.60. The molecule has 3 nitrogen and oxygen atoms in total. The molecule has 0 unspecified atom stereocenters. The van der Waals surface area contributed by atoms with Crippen LogP contribution in [-0.4, -0.2) is 9.97 Å². The quantitative estimate of drug-likeness (QED) is 0.827. The number of hydrogen-bond donors (Lipinski definition) is 0. The largest absolute Gasteiger partial charge is 0.472 e. The highest BCUT2D eigenvalue weighted by Gasteiger charge is 2.16. The molecule has 0 N–H and O–H groups in total. The molecule has 0 aliphatic rings. The van der Waals surface area contributed by atoms with Gasteiger partial charge in [0.2, 0.25) is 5.88 Å². The average Bonchev–Trinajstić information content (AvgIpc) is 2.37. The first-order chi connectivity index (χ1) is 8.55. The first-order valence-corrected chi connectivity index (χ1v) is 6.05. The van der Waals surface area contributed by atoms with E-state index in [9.17, 15) is 0 Å². The Morgan fingerprint density at radius 3 is 2.44 bits per heavy atom. The van der Waals surface area contributed by atoms with E-state index in [-0.39, 0.29) is 5.41 Å². The summed E-state index contributed by atoms with van der Waals surface area (Å²) in [6.45, 7) is 6.84. The van der Waals surface area contributed by atoms with E-state index < -0.39 is 0 Å². The Balaban J connectivity index is 2.06. The third kappa shape index (κ3) is 3.29. The molecule has 1 aromatic heterocycles. The summed E-state index contributed by atoms with van der Waals surface area (Å²) < 4.78 is 5.65. The van der Waals surface area contributed by atoms with Crippen LogP contribution in [0.5, 0.6) is 5.88 Å². The second-order valence-electron chi connectivity index (χ2n) is 5.27. The summed E-state index contributed by atoms with van der Waals surface area (Å²) in [4.78, 5) is 8.65. The van der Waals surface area contributed by atoms with Crippen LogP contribution in [0, 0.1) is 0 Å². The van der Waals surface area contributed by atoms with Gasteiger partial charge >= 0.3 is 0 Å². The molecule has 0 saturated heterocycles. The normalized spacial score (nSPS) is 11.3. The number of benzene rings is 1. The van der Waals surface area contributed by atoms with Gasteiger partial charge in [0.15, 0.2) is 0 Å². The Morgan fingerprint density at radius 1 is 1.06 bits per heavy atom. The maximum absolute atomic E-state index is 5.65. The van der Waals surface area contributed by atoms with Gasteiger partial charge in [0.05, 0.1) is 11.9 Å². The Bertz CT molecular complexity index is 503. The molecule has 2 aromatic rings. The van der Waals surface area contributed by atoms with Crippen LogP contribution in [0.15, 0.2) is 42.7 Å². The van der Waals surface area contributed by atoms with E-state index in [4.69, 9.17) is 4.74 Å². The molecule has 3 heteroatoms. The van der Waals surface area contributed by atoms with Crippen molar-refractivity contribution >= 4 is 0 Å². The van der Waals surface area contributed by atoms with E-state index in [2.05, 4.69) is 30.7 Å². The lowest BCUT2D eigenvalue weighted by Gasteiger charge is -2.17. The molecule has 0 bridgehead atoms. The molecule has 0 aliphatic heterocycles. The minimum atomic E-state index is -0.0148. The average molecular weight is 242 g/mol. The van der Waals surface area contributed by atoms with E-state index in [1.807, 2.05) is 30.3 Å². The van der Waals surface area contributed by atoms with Gasteiger partial charge in [-0.25, -0.2) is 4.98 Å². The van der Waals surface area contributed by atoms with Gasteiger partial charge in [0.1, 0.15) is 6.61 Å². The molecule has 0 fully saturated rings. The summed E-state index contributed by atoms with van der Waals surface area (Å²) in [6, 6.07) is 10.0. The number of nitrogens with zero attached hydrogens (tertiary/aromatic N) is 2. The number of rotatable bonds is 3. The van der Waals surface area contributed by atoms with Crippen molar-refractivity contribution in [3.8, 4) is 5.88 Å². The van der Waals surface area contributed by atoms with Crippen LogP contribution in [0.3, 0.4) is 0 Å². The Labute approximate surface area is 108 Å². The number of hydrogen-bond acceptors (Lipinski definition) is 3. The highest BCUT2D eigenvalue weighted by Crippen LogP contribution is 2.21. The van der Waals surface area contributed by atoms with Gasteiger partial charge in [0.25, 0.3) is 0 Å². The van der Waals surface area contributed by atoms with Crippen molar-refractivity contribution in [2.24, 2.45) is 0 Å². The molecule has 0 amide bonds. The van der Waals surface area contributed by atoms with Gasteiger partial charge in [-0.05, 0) is 5.56 Å². The Hall–Kier alpha value is -1.90. The molecule has 0 saturated carbocycles. The molecule has 0 radical (unpaired) electrons. The predicted octanol–water partition coefficient (Wildman–Crippen LogP) is 3.35. The number of aromatic nitrogens is 2. The fraction of sp³-hybridized carbons (Fsp3) is 0.333. The molecule has 94 valence electrons. The van der Waals surface area contributed by atoms with Crippen molar-refractivity contribution in [2.75, 3.05) is 0 Å². The van der Waals surface area contributed by atoms with E-state index in [0.29, 0.717) is 12.5 Å². The maximum Gasteiger partial charge on any atom is 0.232 e. The van der Waals surface area contributed by atoms with Crippen LogP contribution in [0.1, 0.15) is 32.0 Å². The monoisotopic (exact) mass is 242 g/mol. The molecule has 0 atom stereocenters. The molecular formula is C15H18N2O. The third-order valence-corrected chi connectivity index (χ3v) is 2.61. The van der Waals surface area contributed by atoms with Gasteiger partial charge in [-0.15, -0.1) is 0 Å². The molecular weight excluding hydrogens is 224 g/mol. The zero-order valence-corrected chi connectivity index (χ0v) is 11.1. The second-order valence-corrected chi connectivity index (χ2v) is 5.27. The van der Waals surface area contributed by atoms with E-state index in [1.54, 1.807) is 12.4 Å². The van der Waals surface area contributed by atoms with Crippen molar-refractivity contribution in [1.29, 1.82) is 0 Å². The van der Waals surface area contributed by atoms with Crippen molar-refractivity contribution in [3.63, 3.8) is 0 Å². The molecule has 2 rings (SSSR count). The second kappa shape index (κ2) is 5.17. The highest BCUT2D eigenvalue weighted by molar-refractivity contribution is 5.17. The zero-order chi connectivity index (χ0) is 13.0. The third-order valence-electron chi connectivity index (χ3n) is 2.61. The molecule has 0 spiro atoms. The summed E-state index contributed by atoms with van der Waals surface area (Å²) >= 11 is 0. The molecule has 18 heavy (non-hydrogen) atoms. The van der Waals surface area contributed by atoms with E-state index in [0.717, 1.165) is 11.3 Å². The van der Waals surface area contributed by atoms with Crippen LogP contribution in [0.2, 0.25) is 0 Å². The minimum Gasteiger partial charge on any atom is -0.472 e. The van der Waals surface area contributed by atoms with Crippen LogP contribution >= 0.6 is 0 Å². The molecule has 1 aromatic carbocycles. The van der Waals surface area contributed by atoms with Gasteiger partial charge in [-0.3, -0.25) is 4.98 Å². The molecule has 1 heterocycles. The summed E-state index contributed by atoms with van der Waals surface area (Å²) in [7, 11) is 0. The smallest absolute Gasteiger partial charge is 0.232 e. The van der Waals surface area contributed by atoms with Crippen LogP contribution in [0.4, 0.5) is 0 Å². The maximum atomic E-state index is 5.65. The topological polar surface area (TPSA) is 35.0 Å². The lowest BCUT2D eigenvalue weighted by Crippen LogP contribution is -2.14. The lowest BCUT2D eigenvalue weighted by molar-refractivity contribution is 0.289. The van der Waals surface area contributed by atoms with E-state index in [1.165, 1.54) is 0 Å². The van der Waals surface area contributed by atoms with E-state index >= 15 is 0 Å². The molecule has 0 aliphatic carbocycles. The minimum absolute atomic E-state index is 0.0148. The van der Waals surface area contributed by atoms with Crippen molar-refractivity contribution in [1.82, 2.24) is 9.97 Å². The lowest BCUT2D eigenvalue weighted by atomic mass is 9.93. The van der Waals surface area contributed by atoms with Gasteiger partial charge < -0.3 is 4.74 Å². The predicted molar refractivity (Wildman–Crippen MR) is 71.5 cm³/mol. The van der Waals surface area contributed by atoms with Crippen molar-refractivity contribution in [2.45, 2.75) is 32.8 Å². The Morgan fingerprint density at radius 2 is 1.78 bits per heavy atom. The van der Waals surface area contributed by atoms with Gasteiger partial charge in [0, 0.05) is 11.6 Å². The van der Waals surface area contributed by atoms with Gasteiger partial charge in [-0.2, -0.15) is 0 Å². The van der Waals surface area contributed by atoms with Crippen LogP contribution in [-0.2, 0) is 12.0 Å². The summed E-state index contributed by atoms with van der Waals surface area (Å²) in [6.07, 6.45) is 3.44. The zero-order valence-electron chi connectivity index (χ0n) is 11.1. The summed E-state index contributed by atoms with van der Waals surface area (Å²) in [5, 5.41) is 0. The SMILES string of the molecule is CC(C)(C)c1cncc(OCc2ccccc2)n1. The summed E-state index contributed by atoms with van der Waals surface area (Å²) in [5.41, 5.74) is 2.05. The van der Waals surface area contributed by atoms with Crippen molar-refractivity contribution in [3.05, 3.63) is 54.0 Å². The first-order valence-electron chi connectivity index (χ1n) is 6.05. The highest BCUT2D eigenvalue weighted by atomic mass is 16.5. The van der Waals surface area contributed by atoms with Crippen molar-refractivity contribution < 1.29 is 4.74 Å². The fourth-order valence-electron chi connectivity index (χ4n) is 1.51. The fourth-order valence-corrected chi connectivity index (χ4v) is 1.51. The van der Waals surface area contributed by atoms with Gasteiger partial charge in [-0.1, -0.05) is 51.1 Å². The first kappa shape index (κ1) is 12.6.